The first-order valence-electron chi connectivity index (χ1n) is 9.25. The Balaban J connectivity index is 1.70. The molecule has 2 heterocycles. The van der Waals surface area contributed by atoms with Crippen LogP contribution in [0.2, 0.25) is 0 Å². The highest BCUT2D eigenvalue weighted by molar-refractivity contribution is 6.24. The maximum absolute atomic E-state index is 15.6. The maximum atomic E-state index is 15.6. The van der Waals surface area contributed by atoms with E-state index in [0.717, 1.165) is 6.08 Å². The summed E-state index contributed by atoms with van der Waals surface area (Å²) in [4.78, 5) is 24.1. The minimum atomic E-state index is -3.88. The third-order valence-corrected chi connectivity index (χ3v) is 6.52. The number of ketones is 2. The van der Waals surface area contributed by atoms with Crippen molar-refractivity contribution in [1.29, 1.82) is 0 Å². The monoisotopic (exact) mass is 406 g/mol. The van der Waals surface area contributed by atoms with E-state index in [9.17, 15) is 9.59 Å². The average molecular weight is 406 g/mol. The Bertz CT molecular complexity index is 1030. The fraction of sp³-hybridized carbons (Fsp3) is 0.429. The van der Waals surface area contributed by atoms with Crippen molar-refractivity contribution in [2.24, 2.45) is 11.3 Å². The smallest absolute Gasteiger partial charge is 0.323 e. The van der Waals surface area contributed by atoms with Gasteiger partial charge in [0.2, 0.25) is 6.79 Å². The van der Waals surface area contributed by atoms with E-state index in [1.54, 1.807) is 6.92 Å². The number of fused-ring (bicyclic) bond motifs is 2. The number of ether oxygens (including phenoxy) is 3. The Morgan fingerprint density at radius 1 is 1.17 bits per heavy atom. The molecule has 4 unspecified atom stereocenters. The van der Waals surface area contributed by atoms with E-state index >= 15 is 13.2 Å². The van der Waals surface area contributed by atoms with Crippen molar-refractivity contribution in [2.45, 2.75) is 38.0 Å². The van der Waals surface area contributed by atoms with Gasteiger partial charge in [-0.3, -0.25) is 9.59 Å². The molecule has 29 heavy (non-hydrogen) atoms. The van der Waals surface area contributed by atoms with E-state index in [1.165, 1.54) is 31.2 Å². The topological polar surface area (TPSA) is 61.8 Å². The van der Waals surface area contributed by atoms with Gasteiger partial charge >= 0.3 is 11.8 Å². The lowest BCUT2D eigenvalue weighted by atomic mass is 9.57. The molecule has 4 atom stereocenters. The van der Waals surface area contributed by atoms with Gasteiger partial charge in [-0.2, -0.15) is 13.2 Å². The van der Waals surface area contributed by atoms with Crippen molar-refractivity contribution >= 4 is 11.6 Å². The first-order chi connectivity index (χ1) is 13.6. The largest absolute Gasteiger partial charge is 0.456 e. The zero-order valence-corrected chi connectivity index (χ0v) is 15.6. The molecule has 1 spiro atoms. The molecule has 2 fully saturated rings. The van der Waals surface area contributed by atoms with E-state index in [1.807, 2.05) is 0 Å². The minimum Gasteiger partial charge on any atom is -0.456 e. The Morgan fingerprint density at radius 2 is 1.90 bits per heavy atom. The second-order valence-corrected chi connectivity index (χ2v) is 8.04. The van der Waals surface area contributed by atoms with E-state index in [0.29, 0.717) is 11.5 Å². The summed E-state index contributed by atoms with van der Waals surface area (Å²) in [5.41, 5.74) is -1.28. The van der Waals surface area contributed by atoms with E-state index in [4.69, 9.17) is 14.2 Å². The van der Waals surface area contributed by atoms with Crippen LogP contribution in [0.3, 0.4) is 0 Å². The summed E-state index contributed by atoms with van der Waals surface area (Å²) in [7, 11) is 0. The van der Waals surface area contributed by atoms with Gasteiger partial charge in [-0.15, -0.1) is 0 Å². The summed E-state index contributed by atoms with van der Waals surface area (Å²) in [5.74, 6) is -10.2. The number of hydrogen-bond donors (Lipinski definition) is 0. The van der Waals surface area contributed by atoms with Crippen LogP contribution in [-0.4, -0.2) is 30.1 Å². The summed E-state index contributed by atoms with van der Waals surface area (Å²) in [6.45, 7) is 2.76. The van der Waals surface area contributed by atoms with Gasteiger partial charge in [-0.25, -0.2) is 0 Å². The molecule has 5 rings (SSSR count). The van der Waals surface area contributed by atoms with Gasteiger partial charge in [-0.1, -0.05) is 19.1 Å². The Hall–Kier alpha value is -2.77. The maximum Gasteiger partial charge on any atom is 0.323 e. The Labute approximate surface area is 164 Å². The van der Waals surface area contributed by atoms with Crippen LogP contribution >= 0.6 is 0 Å². The van der Waals surface area contributed by atoms with Gasteiger partial charge in [0.1, 0.15) is 5.76 Å². The predicted molar refractivity (Wildman–Crippen MR) is 93.2 cm³/mol. The standard InChI is InChI=1S/C21H17F3O5/c1-10-18(12-3-4-15-16(5-12)28-9-27-15)21(23,24)20(22)8-19(10)7-13(11(2)25)14(26)6-17(19)29-20/h3-7,10,18H,8-9H2,1-2H3. The lowest BCUT2D eigenvalue weighted by Crippen LogP contribution is -2.56. The molecule has 152 valence electrons. The molecule has 5 nitrogen and oxygen atoms in total. The molecule has 1 aromatic rings. The van der Waals surface area contributed by atoms with Crippen molar-refractivity contribution in [3.05, 3.63) is 47.2 Å². The molecule has 0 N–H and O–H groups in total. The molecule has 8 heteroatoms. The second kappa shape index (κ2) is 5.43. The molecular weight excluding hydrogens is 389 g/mol. The van der Waals surface area contributed by atoms with Gasteiger partial charge in [0.25, 0.3) is 0 Å². The quantitative estimate of drug-likeness (QED) is 0.699. The van der Waals surface area contributed by atoms with Crippen LogP contribution in [0.1, 0.15) is 31.7 Å². The van der Waals surface area contributed by atoms with Gasteiger partial charge in [0.15, 0.2) is 23.1 Å². The SMILES string of the molecule is CC(=O)C1=CC23CC(F)(OC2=CC1=O)C(F)(F)C(c1ccc2c(c1)OCO2)C3C. The first-order valence-corrected chi connectivity index (χ1v) is 9.25. The van der Waals surface area contributed by atoms with E-state index < -0.39 is 47.0 Å². The lowest BCUT2D eigenvalue weighted by molar-refractivity contribution is -0.271. The van der Waals surface area contributed by atoms with Crippen molar-refractivity contribution in [3.63, 3.8) is 0 Å². The van der Waals surface area contributed by atoms with Crippen molar-refractivity contribution in [2.75, 3.05) is 6.79 Å². The number of Topliss-reactive ketones (excluding diaryl/α,β-unsaturated/α-hetero) is 1. The number of halogens is 3. The molecule has 2 bridgehead atoms. The van der Waals surface area contributed by atoms with Gasteiger partial charge in [0, 0.05) is 12.5 Å². The average Bonchev–Trinajstić information content (AvgIpc) is 3.21. The second-order valence-electron chi connectivity index (χ2n) is 8.04. The zero-order chi connectivity index (χ0) is 20.8. The predicted octanol–water partition coefficient (Wildman–Crippen LogP) is 3.84. The van der Waals surface area contributed by atoms with E-state index in [2.05, 4.69) is 0 Å². The van der Waals surface area contributed by atoms with Crippen molar-refractivity contribution in [3.8, 4) is 11.5 Å². The Kier molecular flexibility index (Phi) is 3.42. The minimum absolute atomic E-state index is 0.0186. The highest BCUT2D eigenvalue weighted by atomic mass is 19.3. The molecule has 0 radical (unpaired) electrons. The summed E-state index contributed by atoms with van der Waals surface area (Å²) in [5, 5.41) is 0. The third-order valence-electron chi connectivity index (χ3n) is 6.52. The highest BCUT2D eigenvalue weighted by Crippen LogP contribution is 2.70. The van der Waals surface area contributed by atoms with Crippen molar-refractivity contribution < 1.29 is 37.0 Å². The molecule has 1 saturated carbocycles. The Morgan fingerprint density at radius 3 is 2.62 bits per heavy atom. The number of carbonyl (C=O) groups is 2. The molecular formula is C21H17F3O5. The lowest BCUT2D eigenvalue weighted by Gasteiger charge is -2.46. The molecule has 2 aliphatic carbocycles. The molecule has 0 amide bonds. The van der Waals surface area contributed by atoms with Crippen molar-refractivity contribution in [1.82, 2.24) is 0 Å². The third kappa shape index (κ3) is 2.17. The van der Waals surface area contributed by atoms with Crippen LogP contribution in [0.15, 0.2) is 41.7 Å². The fourth-order valence-corrected chi connectivity index (χ4v) is 5.01. The van der Waals surface area contributed by atoms with Gasteiger partial charge < -0.3 is 14.2 Å². The van der Waals surface area contributed by atoms with Crippen LogP contribution in [-0.2, 0) is 14.3 Å². The van der Waals surface area contributed by atoms with Crippen LogP contribution < -0.4 is 9.47 Å². The van der Waals surface area contributed by atoms with Crippen LogP contribution in [0.4, 0.5) is 13.2 Å². The number of rotatable bonds is 2. The fourth-order valence-electron chi connectivity index (χ4n) is 5.01. The highest BCUT2D eigenvalue weighted by Gasteiger charge is 2.77. The zero-order valence-electron chi connectivity index (χ0n) is 15.6. The van der Waals surface area contributed by atoms with Gasteiger partial charge in [0.05, 0.1) is 16.9 Å². The molecule has 2 aliphatic heterocycles. The number of benzene rings is 1. The van der Waals surface area contributed by atoms with E-state index in [-0.39, 0.29) is 23.7 Å². The molecule has 1 saturated heterocycles. The molecule has 4 aliphatic rings. The first kappa shape index (κ1) is 18.3. The van der Waals surface area contributed by atoms with Gasteiger partial charge in [-0.05, 0) is 30.5 Å². The van der Waals surface area contributed by atoms with Crippen LogP contribution in [0, 0.1) is 11.3 Å². The summed E-state index contributed by atoms with van der Waals surface area (Å²) in [6, 6.07) is 4.40. The normalized spacial score (nSPS) is 36.1. The number of carbonyl (C=O) groups excluding carboxylic acids is 2. The molecule has 1 aromatic carbocycles. The summed E-state index contributed by atoms with van der Waals surface area (Å²) in [6.07, 6.45) is 1.64. The summed E-state index contributed by atoms with van der Waals surface area (Å²) < 4.78 is 62.1. The number of allylic oxidation sites excluding steroid dienone is 3. The summed E-state index contributed by atoms with van der Waals surface area (Å²) >= 11 is 0. The number of alkyl halides is 3. The van der Waals surface area contributed by atoms with Crippen LogP contribution in [0.5, 0.6) is 11.5 Å². The van der Waals surface area contributed by atoms with Crippen LogP contribution in [0.25, 0.3) is 0 Å². The molecule has 0 aromatic heterocycles. The number of hydrogen-bond acceptors (Lipinski definition) is 5.